The highest BCUT2D eigenvalue weighted by molar-refractivity contribution is 7.99. The topological polar surface area (TPSA) is 74.8 Å². The van der Waals surface area contributed by atoms with Gasteiger partial charge in [-0.3, -0.25) is 14.3 Å². The van der Waals surface area contributed by atoms with E-state index in [0.717, 1.165) is 72.3 Å². The van der Waals surface area contributed by atoms with Gasteiger partial charge in [-0.2, -0.15) is 0 Å². The Balaban J connectivity index is 1.32. The molecule has 1 saturated carbocycles. The lowest BCUT2D eigenvalue weighted by Crippen LogP contribution is -2.17. The average molecular weight is 438 g/mol. The quantitative estimate of drug-likeness (QED) is 0.387. The summed E-state index contributed by atoms with van der Waals surface area (Å²) >= 11 is 1.48. The number of nitrogens with zero attached hydrogens (tertiary/aromatic N) is 5. The number of rotatable bonds is 8. The summed E-state index contributed by atoms with van der Waals surface area (Å²) in [5.41, 5.74) is 3.89. The van der Waals surface area contributed by atoms with E-state index in [0.29, 0.717) is 11.8 Å². The molecule has 0 unspecified atom stereocenters. The van der Waals surface area contributed by atoms with Crippen molar-refractivity contribution in [2.45, 2.75) is 63.4 Å². The van der Waals surface area contributed by atoms with Crippen LogP contribution in [0.2, 0.25) is 0 Å². The van der Waals surface area contributed by atoms with Crippen molar-refractivity contribution in [3.05, 3.63) is 47.5 Å². The molecule has 8 heteroatoms. The maximum atomic E-state index is 13.1. The first kappa shape index (κ1) is 20.5. The van der Waals surface area contributed by atoms with Gasteiger partial charge < -0.3 is 9.30 Å². The number of aryl methyl sites for hydroxylation is 1. The number of thioether (sulfide) groups is 1. The molecule has 0 amide bonds. The van der Waals surface area contributed by atoms with Crippen LogP contribution in [0.5, 0.6) is 0 Å². The van der Waals surface area contributed by atoms with Crippen LogP contribution >= 0.6 is 11.8 Å². The zero-order chi connectivity index (χ0) is 21.4. The summed E-state index contributed by atoms with van der Waals surface area (Å²) in [5, 5.41) is 9.63. The molecule has 1 saturated heterocycles. The van der Waals surface area contributed by atoms with Crippen LogP contribution in [0.25, 0.3) is 11.4 Å². The van der Waals surface area contributed by atoms with Crippen molar-refractivity contribution < 1.29 is 9.53 Å². The smallest absolute Gasteiger partial charge is 0.192 e. The van der Waals surface area contributed by atoms with Crippen molar-refractivity contribution in [1.82, 2.24) is 24.3 Å². The van der Waals surface area contributed by atoms with Gasteiger partial charge >= 0.3 is 0 Å². The van der Waals surface area contributed by atoms with Crippen LogP contribution in [0.1, 0.15) is 53.5 Å². The van der Waals surface area contributed by atoms with Crippen molar-refractivity contribution in [3.8, 4) is 11.4 Å². The van der Waals surface area contributed by atoms with E-state index in [1.54, 1.807) is 6.20 Å². The molecule has 1 aliphatic heterocycles. The van der Waals surface area contributed by atoms with E-state index in [1.165, 1.54) is 11.8 Å². The minimum absolute atomic E-state index is 0.130. The van der Waals surface area contributed by atoms with Gasteiger partial charge in [0.05, 0.1) is 11.9 Å². The fourth-order valence-electron chi connectivity index (χ4n) is 4.29. The number of carbonyl (C=O) groups excluding carboxylic acids is 1. The van der Waals surface area contributed by atoms with E-state index in [9.17, 15) is 4.79 Å². The Bertz CT molecular complexity index is 1080. The van der Waals surface area contributed by atoms with Gasteiger partial charge in [0.15, 0.2) is 16.8 Å². The Morgan fingerprint density at radius 1 is 1.26 bits per heavy atom. The lowest BCUT2D eigenvalue weighted by molar-refractivity contribution is 0.0957. The fraction of sp³-hybridized carbons (Fsp3) is 0.478. The van der Waals surface area contributed by atoms with E-state index < -0.39 is 0 Å². The molecule has 0 spiro atoms. The van der Waals surface area contributed by atoms with E-state index in [1.807, 2.05) is 31.3 Å². The van der Waals surface area contributed by atoms with Crippen molar-refractivity contribution in [2.75, 3.05) is 12.4 Å². The summed E-state index contributed by atoms with van der Waals surface area (Å²) < 4.78 is 10.2. The molecule has 5 rings (SSSR count). The monoisotopic (exact) mass is 437 g/mol. The first-order chi connectivity index (χ1) is 15.1. The summed E-state index contributed by atoms with van der Waals surface area (Å²) in [7, 11) is 0. The third-order valence-corrected chi connectivity index (χ3v) is 7.06. The minimum Gasteiger partial charge on any atom is -0.376 e. The molecule has 7 nitrogen and oxygen atoms in total. The summed E-state index contributed by atoms with van der Waals surface area (Å²) in [6, 6.07) is 6.33. The molecule has 0 radical (unpaired) electrons. The number of aromatic nitrogens is 5. The van der Waals surface area contributed by atoms with Gasteiger partial charge in [-0.15, -0.1) is 10.2 Å². The second-order valence-corrected chi connectivity index (χ2v) is 9.33. The highest BCUT2D eigenvalue weighted by Crippen LogP contribution is 2.41. The summed E-state index contributed by atoms with van der Waals surface area (Å²) in [5.74, 6) is 1.31. The molecule has 31 heavy (non-hydrogen) atoms. The van der Waals surface area contributed by atoms with Crippen molar-refractivity contribution >= 4 is 17.5 Å². The Morgan fingerprint density at radius 2 is 2.13 bits per heavy atom. The molecule has 0 aromatic carbocycles. The third kappa shape index (κ3) is 4.19. The van der Waals surface area contributed by atoms with Crippen molar-refractivity contribution in [1.29, 1.82) is 0 Å². The molecular formula is C23H27N5O2S. The summed E-state index contributed by atoms with van der Waals surface area (Å²) in [6.07, 6.45) is 8.27. The molecular weight excluding hydrogens is 410 g/mol. The molecule has 3 aromatic rings. The van der Waals surface area contributed by atoms with Crippen molar-refractivity contribution in [3.63, 3.8) is 0 Å². The molecule has 1 atom stereocenters. The highest BCUT2D eigenvalue weighted by Gasteiger charge is 2.30. The number of ether oxygens (including phenoxy) is 1. The van der Waals surface area contributed by atoms with Gasteiger partial charge in [0, 0.05) is 54.1 Å². The van der Waals surface area contributed by atoms with Crippen LogP contribution < -0.4 is 0 Å². The first-order valence-corrected chi connectivity index (χ1v) is 11.9. The number of carbonyl (C=O) groups is 1. The normalized spacial score (nSPS) is 18.6. The number of hydrogen-bond donors (Lipinski definition) is 0. The van der Waals surface area contributed by atoms with E-state index in [-0.39, 0.29) is 11.9 Å². The number of pyridine rings is 1. The Morgan fingerprint density at radius 3 is 2.84 bits per heavy atom. The Kier molecular flexibility index (Phi) is 5.67. The predicted octanol–water partition coefficient (Wildman–Crippen LogP) is 4.25. The Hall–Kier alpha value is -2.45. The number of hydrogen-bond acceptors (Lipinski definition) is 6. The summed E-state index contributed by atoms with van der Waals surface area (Å²) in [6.45, 7) is 5.76. The second kappa shape index (κ2) is 8.59. The van der Waals surface area contributed by atoms with E-state index in [4.69, 9.17) is 4.74 Å². The molecule has 162 valence electrons. The largest absolute Gasteiger partial charge is 0.376 e. The van der Waals surface area contributed by atoms with Crippen LogP contribution in [0, 0.1) is 13.8 Å². The van der Waals surface area contributed by atoms with Crippen LogP contribution in [0.4, 0.5) is 0 Å². The second-order valence-electron chi connectivity index (χ2n) is 8.39. The number of ketones is 1. The maximum Gasteiger partial charge on any atom is 0.192 e. The van der Waals surface area contributed by atoms with Gasteiger partial charge in [-0.05, 0) is 57.7 Å². The lowest BCUT2D eigenvalue weighted by atomic mass is 10.2. The minimum atomic E-state index is 0.130. The number of Topliss-reactive ketones (excluding diaryl/α,β-unsaturated/α-hetero) is 1. The van der Waals surface area contributed by atoms with Crippen molar-refractivity contribution in [2.24, 2.45) is 0 Å². The maximum absolute atomic E-state index is 13.1. The molecule has 0 N–H and O–H groups in total. The van der Waals surface area contributed by atoms with Gasteiger partial charge in [0.1, 0.15) is 0 Å². The SMILES string of the molecule is Cc1cc(C(=O)CSc2nnc(-c3cccnc3)n2C2CC2)c(C)n1C[C@@H]1CCCO1. The molecule has 0 bridgehead atoms. The average Bonchev–Trinajstić information content (AvgIpc) is 3.20. The zero-order valence-corrected chi connectivity index (χ0v) is 18.8. The fourth-order valence-corrected chi connectivity index (χ4v) is 5.18. The molecule has 4 heterocycles. The first-order valence-electron chi connectivity index (χ1n) is 10.9. The van der Waals surface area contributed by atoms with Crippen LogP contribution in [-0.4, -0.2) is 48.6 Å². The van der Waals surface area contributed by atoms with Gasteiger partial charge in [-0.25, -0.2) is 0 Å². The van der Waals surface area contributed by atoms with Gasteiger partial charge in [0.25, 0.3) is 0 Å². The van der Waals surface area contributed by atoms with Crippen LogP contribution in [-0.2, 0) is 11.3 Å². The zero-order valence-electron chi connectivity index (χ0n) is 18.0. The molecule has 2 aliphatic rings. The molecule has 2 fully saturated rings. The van der Waals surface area contributed by atoms with E-state index in [2.05, 4.69) is 31.2 Å². The molecule has 3 aromatic heterocycles. The Labute approximate surface area is 186 Å². The molecule has 1 aliphatic carbocycles. The van der Waals surface area contributed by atoms with Gasteiger partial charge in [-0.1, -0.05) is 11.8 Å². The predicted molar refractivity (Wildman–Crippen MR) is 119 cm³/mol. The highest BCUT2D eigenvalue weighted by atomic mass is 32.2. The standard InChI is InChI=1S/C23H27N5O2S/c1-15-11-20(16(2)27(15)13-19-6-4-10-30-19)21(29)14-31-23-26-25-22(28(23)18-7-8-18)17-5-3-9-24-12-17/h3,5,9,11-12,18-19H,4,6-8,10,13-14H2,1-2H3/t19-/m0/s1. The van der Waals surface area contributed by atoms with Crippen LogP contribution in [0.15, 0.2) is 35.7 Å². The van der Waals surface area contributed by atoms with E-state index >= 15 is 0 Å². The summed E-state index contributed by atoms with van der Waals surface area (Å²) in [4.78, 5) is 17.3. The lowest BCUT2D eigenvalue weighted by Gasteiger charge is -2.14. The van der Waals surface area contributed by atoms with Crippen LogP contribution in [0.3, 0.4) is 0 Å². The van der Waals surface area contributed by atoms with Gasteiger partial charge in [0.2, 0.25) is 0 Å². The third-order valence-electron chi connectivity index (χ3n) is 6.11.